The molecule has 1 aromatic heterocycles. The van der Waals surface area contributed by atoms with Crippen LogP contribution in [0.1, 0.15) is 37.4 Å². The minimum absolute atomic E-state index is 0.411. The predicted octanol–water partition coefficient (Wildman–Crippen LogP) is 1.37. The highest BCUT2D eigenvalue weighted by atomic mass is 32.1. The summed E-state index contributed by atoms with van der Waals surface area (Å²) in [6.07, 6.45) is 5.20. The van der Waals surface area contributed by atoms with Gasteiger partial charge in [0.25, 0.3) is 0 Å². The smallest absolute Gasteiger partial charge is 0.205 e. The summed E-state index contributed by atoms with van der Waals surface area (Å²) in [6, 6.07) is 1.16. The van der Waals surface area contributed by atoms with Crippen LogP contribution in [0.25, 0.3) is 0 Å². The Morgan fingerprint density at radius 1 is 1.32 bits per heavy atom. The van der Waals surface area contributed by atoms with Crippen LogP contribution in [0, 0.1) is 0 Å². The van der Waals surface area contributed by atoms with E-state index in [9.17, 15) is 0 Å². The third kappa shape index (κ3) is 2.75. The van der Waals surface area contributed by atoms with Crippen molar-refractivity contribution in [2.75, 3.05) is 31.2 Å². The molecule has 3 aliphatic rings. The van der Waals surface area contributed by atoms with Gasteiger partial charge in [0.1, 0.15) is 5.82 Å². The van der Waals surface area contributed by atoms with Crippen molar-refractivity contribution in [1.29, 1.82) is 0 Å². The Balaban J connectivity index is 1.44. The highest BCUT2D eigenvalue weighted by Crippen LogP contribution is 2.40. The average molecular weight is 280 g/mol. The van der Waals surface area contributed by atoms with E-state index in [4.69, 9.17) is 9.72 Å². The van der Waals surface area contributed by atoms with E-state index in [1.807, 2.05) is 0 Å². The Bertz CT molecular complexity index is 444. The lowest BCUT2D eigenvalue weighted by molar-refractivity contribution is 0.0936. The number of anilines is 1. The molecule has 2 aliphatic carbocycles. The molecule has 1 aromatic rings. The van der Waals surface area contributed by atoms with Crippen LogP contribution in [0.4, 0.5) is 5.13 Å². The molecule has 2 heterocycles. The molecule has 0 amide bonds. The van der Waals surface area contributed by atoms with Crippen molar-refractivity contribution in [2.45, 2.75) is 43.7 Å². The van der Waals surface area contributed by atoms with Crippen LogP contribution in [-0.4, -0.2) is 47.7 Å². The predicted molar refractivity (Wildman–Crippen MR) is 74.9 cm³/mol. The molecule has 19 heavy (non-hydrogen) atoms. The molecule has 2 saturated carbocycles. The number of hydrogen-bond donors (Lipinski definition) is 1. The molecule has 1 aliphatic heterocycles. The molecule has 0 radical (unpaired) electrons. The number of ether oxygens (including phenoxy) is 1. The van der Waals surface area contributed by atoms with E-state index < -0.39 is 0 Å². The van der Waals surface area contributed by atoms with Crippen LogP contribution < -0.4 is 10.2 Å². The molecule has 1 atom stereocenters. The van der Waals surface area contributed by atoms with Crippen molar-refractivity contribution in [3.05, 3.63) is 5.82 Å². The Morgan fingerprint density at radius 2 is 2.21 bits per heavy atom. The maximum absolute atomic E-state index is 5.63. The number of nitrogens with one attached hydrogen (secondary N) is 1. The van der Waals surface area contributed by atoms with Crippen molar-refractivity contribution in [2.24, 2.45) is 0 Å². The van der Waals surface area contributed by atoms with Crippen molar-refractivity contribution in [1.82, 2.24) is 14.7 Å². The largest absolute Gasteiger partial charge is 0.377 e. The Hall–Kier alpha value is -0.720. The van der Waals surface area contributed by atoms with E-state index in [0.29, 0.717) is 12.0 Å². The molecule has 0 spiro atoms. The maximum Gasteiger partial charge on any atom is 0.205 e. The minimum Gasteiger partial charge on any atom is -0.377 e. The second-order valence-electron chi connectivity index (χ2n) is 5.81. The molecule has 1 unspecified atom stereocenters. The standard InChI is InChI=1S/C13H20N4OS/c1-2-9(1)12-15-13(19-16-12)17-5-6-18-8-11(17)7-14-10-3-4-10/h9-11,14H,1-8H2. The number of rotatable bonds is 5. The molecule has 1 N–H and O–H groups in total. The van der Waals surface area contributed by atoms with E-state index in [2.05, 4.69) is 14.6 Å². The third-order valence-corrected chi connectivity index (χ3v) is 4.83. The Labute approximate surface area is 117 Å². The molecule has 4 rings (SSSR count). The van der Waals surface area contributed by atoms with Gasteiger partial charge in [-0.1, -0.05) is 0 Å². The minimum atomic E-state index is 0.411. The van der Waals surface area contributed by atoms with E-state index in [1.54, 1.807) is 11.5 Å². The first-order valence-corrected chi connectivity index (χ1v) is 8.09. The van der Waals surface area contributed by atoms with Crippen molar-refractivity contribution < 1.29 is 4.74 Å². The summed E-state index contributed by atoms with van der Waals surface area (Å²) in [5.74, 6) is 1.72. The van der Waals surface area contributed by atoms with Gasteiger partial charge >= 0.3 is 0 Å². The lowest BCUT2D eigenvalue weighted by Crippen LogP contribution is -2.51. The highest BCUT2D eigenvalue weighted by molar-refractivity contribution is 7.09. The molecule has 0 aromatic carbocycles. The fourth-order valence-electron chi connectivity index (χ4n) is 2.52. The summed E-state index contributed by atoms with van der Waals surface area (Å²) in [5, 5.41) is 4.69. The maximum atomic E-state index is 5.63. The first kappa shape index (κ1) is 12.1. The molecule has 5 nitrogen and oxygen atoms in total. The van der Waals surface area contributed by atoms with E-state index >= 15 is 0 Å². The second-order valence-corrected chi connectivity index (χ2v) is 6.54. The van der Waals surface area contributed by atoms with Gasteiger partial charge in [-0.25, -0.2) is 4.98 Å². The van der Waals surface area contributed by atoms with Crippen LogP contribution in [0.5, 0.6) is 0 Å². The molecule has 6 heteroatoms. The lowest BCUT2D eigenvalue weighted by atomic mass is 10.2. The van der Waals surface area contributed by atoms with E-state index in [1.165, 1.54) is 25.7 Å². The first-order valence-electron chi connectivity index (χ1n) is 7.31. The summed E-state index contributed by atoms with van der Waals surface area (Å²) in [6.45, 7) is 3.55. The van der Waals surface area contributed by atoms with Gasteiger partial charge in [-0.05, 0) is 25.7 Å². The van der Waals surface area contributed by atoms with Crippen LogP contribution >= 0.6 is 11.5 Å². The lowest BCUT2D eigenvalue weighted by Gasteiger charge is -2.35. The molecular weight excluding hydrogens is 260 g/mol. The monoisotopic (exact) mass is 280 g/mol. The molecule has 104 valence electrons. The third-order valence-electron chi connectivity index (χ3n) is 4.07. The number of aromatic nitrogens is 2. The first-order chi connectivity index (χ1) is 9.40. The van der Waals surface area contributed by atoms with Gasteiger partial charge in [-0.3, -0.25) is 0 Å². The summed E-state index contributed by atoms with van der Waals surface area (Å²) >= 11 is 1.56. The van der Waals surface area contributed by atoms with E-state index in [-0.39, 0.29) is 0 Å². The number of morpholine rings is 1. The number of hydrogen-bond acceptors (Lipinski definition) is 6. The van der Waals surface area contributed by atoms with Gasteiger partial charge in [-0.2, -0.15) is 4.37 Å². The van der Waals surface area contributed by atoms with Crippen LogP contribution in [0.2, 0.25) is 0 Å². The Kier molecular flexibility index (Phi) is 3.17. The van der Waals surface area contributed by atoms with Gasteiger partial charge in [0.15, 0.2) is 0 Å². The topological polar surface area (TPSA) is 50.3 Å². The molecule has 3 fully saturated rings. The van der Waals surface area contributed by atoms with E-state index in [0.717, 1.165) is 43.3 Å². The van der Waals surface area contributed by atoms with Gasteiger partial charge in [0.05, 0.1) is 19.3 Å². The van der Waals surface area contributed by atoms with Crippen molar-refractivity contribution in [3.63, 3.8) is 0 Å². The molecular formula is C13H20N4OS. The molecule has 1 saturated heterocycles. The highest BCUT2D eigenvalue weighted by Gasteiger charge is 2.32. The van der Waals surface area contributed by atoms with Gasteiger partial charge in [0.2, 0.25) is 5.13 Å². The zero-order valence-corrected chi connectivity index (χ0v) is 11.9. The van der Waals surface area contributed by atoms with Gasteiger partial charge in [-0.15, -0.1) is 0 Å². The van der Waals surface area contributed by atoms with Crippen molar-refractivity contribution in [3.8, 4) is 0 Å². The van der Waals surface area contributed by atoms with Gasteiger partial charge < -0.3 is 15.0 Å². The summed E-state index contributed by atoms with van der Waals surface area (Å²) in [7, 11) is 0. The van der Waals surface area contributed by atoms with Gasteiger partial charge in [0, 0.05) is 36.6 Å². The van der Waals surface area contributed by atoms with Crippen LogP contribution in [-0.2, 0) is 4.74 Å². The zero-order valence-electron chi connectivity index (χ0n) is 11.0. The summed E-state index contributed by atoms with van der Waals surface area (Å²) < 4.78 is 10.2. The van der Waals surface area contributed by atoms with Crippen LogP contribution in [0.3, 0.4) is 0 Å². The fourth-order valence-corrected chi connectivity index (χ4v) is 3.36. The quantitative estimate of drug-likeness (QED) is 0.883. The zero-order chi connectivity index (χ0) is 12.7. The summed E-state index contributed by atoms with van der Waals surface area (Å²) in [4.78, 5) is 7.13. The number of nitrogens with zero attached hydrogens (tertiary/aromatic N) is 3. The summed E-state index contributed by atoms with van der Waals surface area (Å²) in [5.41, 5.74) is 0. The second kappa shape index (κ2) is 5.00. The fraction of sp³-hybridized carbons (Fsp3) is 0.846. The normalized spacial score (nSPS) is 27.8. The SMILES string of the molecule is C1CN(c2nc(C3CC3)ns2)C(CNC2CC2)CO1. The van der Waals surface area contributed by atoms with Crippen LogP contribution in [0.15, 0.2) is 0 Å². The average Bonchev–Trinajstić information content (AvgIpc) is 3.37. The Morgan fingerprint density at radius 3 is 3.00 bits per heavy atom. The molecule has 0 bridgehead atoms. The van der Waals surface area contributed by atoms with Crippen molar-refractivity contribution >= 4 is 16.7 Å².